The number of carboxylic acids is 1. The summed E-state index contributed by atoms with van der Waals surface area (Å²) in [6.07, 6.45) is 8.31. The Morgan fingerprint density at radius 1 is 1.21 bits per heavy atom. The van der Waals surface area contributed by atoms with Crippen LogP contribution in [-0.4, -0.2) is 23.0 Å². The highest BCUT2D eigenvalue weighted by Gasteiger charge is 2.14. The average molecular weight is 327 g/mol. The molecule has 0 saturated heterocycles. The van der Waals surface area contributed by atoms with Crippen molar-refractivity contribution >= 4 is 17.6 Å². The van der Waals surface area contributed by atoms with Crippen molar-refractivity contribution in [1.82, 2.24) is 5.32 Å². The third kappa shape index (κ3) is 5.13. The van der Waals surface area contributed by atoms with Gasteiger partial charge in [-0.3, -0.25) is 4.79 Å². The van der Waals surface area contributed by atoms with E-state index < -0.39 is 11.9 Å². The number of carboxylic acid groups (broad SMARTS) is 1. The van der Waals surface area contributed by atoms with Gasteiger partial charge in [-0.25, -0.2) is 4.79 Å². The summed E-state index contributed by atoms with van der Waals surface area (Å²) in [5.74, 6) is -1.63. The van der Waals surface area contributed by atoms with E-state index in [2.05, 4.69) is 10.6 Å². The van der Waals surface area contributed by atoms with Crippen LogP contribution in [0.15, 0.2) is 36.0 Å². The number of hydrogen-bond donors (Lipinski definition) is 3. The summed E-state index contributed by atoms with van der Waals surface area (Å²) in [5, 5.41) is 23.9. The van der Waals surface area contributed by atoms with E-state index >= 15 is 0 Å². The maximum atomic E-state index is 12.2. The number of amides is 1. The molecule has 1 fully saturated rings. The van der Waals surface area contributed by atoms with E-state index in [1.807, 2.05) is 6.07 Å². The topological polar surface area (TPSA) is 102 Å². The molecule has 0 aromatic heterocycles. The Kier molecular flexibility index (Phi) is 6.38. The number of nitrogens with zero attached hydrogens (tertiary/aromatic N) is 1. The Labute approximate surface area is 141 Å². The molecule has 2 rings (SSSR count). The fourth-order valence-corrected chi connectivity index (χ4v) is 2.72. The number of nitriles is 1. The Morgan fingerprint density at radius 3 is 2.54 bits per heavy atom. The van der Waals surface area contributed by atoms with Gasteiger partial charge in [0.2, 0.25) is 0 Å². The third-order valence-corrected chi connectivity index (χ3v) is 4.05. The van der Waals surface area contributed by atoms with E-state index in [0.717, 1.165) is 25.7 Å². The van der Waals surface area contributed by atoms with Crippen LogP contribution in [0.4, 0.5) is 5.69 Å². The highest BCUT2D eigenvalue weighted by molar-refractivity contribution is 6.06. The van der Waals surface area contributed by atoms with Crippen LogP contribution >= 0.6 is 0 Å². The minimum absolute atomic E-state index is 0.0278. The maximum Gasteiger partial charge on any atom is 0.335 e. The van der Waals surface area contributed by atoms with Crippen LogP contribution in [0.5, 0.6) is 0 Å². The van der Waals surface area contributed by atoms with Gasteiger partial charge in [0.15, 0.2) is 0 Å². The van der Waals surface area contributed by atoms with Crippen molar-refractivity contribution in [2.24, 2.45) is 0 Å². The third-order valence-electron chi connectivity index (χ3n) is 4.05. The molecule has 0 unspecified atom stereocenters. The number of nitrogens with one attached hydrogen (secondary N) is 2. The molecule has 3 N–H and O–H groups in total. The molecule has 0 atom stereocenters. The summed E-state index contributed by atoms with van der Waals surface area (Å²) in [5.41, 5.74) is 0.391. The molecular weight excluding hydrogens is 306 g/mol. The molecule has 1 saturated carbocycles. The van der Waals surface area contributed by atoms with Crippen LogP contribution < -0.4 is 10.6 Å². The number of carbonyl (C=O) groups is 2. The normalized spacial score (nSPS) is 15.9. The maximum absolute atomic E-state index is 12.2. The van der Waals surface area contributed by atoms with Crippen molar-refractivity contribution in [2.45, 2.75) is 44.6 Å². The second-order valence-electron chi connectivity index (χ2n) is 5.87. The molecule has 1 aromatic rings. The van der Waals surface area contributed by atoms with Gasteiger partial charge in [0, 0.05) is 17.9 Å². The highest BCUT2D eigenvalue weighted by Crippen LogP contribution is 2.17. The number of carbonyl (C=O) groups excluding carboxylic acids is 1. The monoisotopic (exact) mass is 327 g/mol. The van der Waals surface area contributed by atoms with Crippen LogP contribution in [-0.2, 0) is 4.79 Å². The predicted octanol–water partition coefficient (Wildman–Crippen LogP) is 3.04. The van der Waals surface area contributed by atoms with Gasteiger partial charge in [-0.05, 0) is 31.0 Å². The Bertz CT molecular complexity index is 668. The summed E-state index contributed by atoms with van der Waals surface area (Å²) in [6, 6.07) is 8.09. The summed E-state index contributed by atoms with van der Waals surface area (Å²) in [4.78, 5) is 23.1. The van der Waals surface area contributed by atoms with Crippen LogP contribution in [0.1, 0.15) is 48.9 Å². The number of anilines is 1. The molecule has 0 aliphatic heterocycles. The molecule has 24 heavy (non-hydrogen) atoms. The quantitative estimate of drug-likeness (QED) is 0.438. The molecule has 126 valence electrons. The summed E-state index contributed by atoms with van der Waals surface area (Å²) < 4.78 is 0. The molecule has 0 heterocycles. The minimum Gasteiger partial charge on any atom is -0.478 e. The lowest BCUT2D eigenvalue weighted by Crippen LogP contribution is -2.25. The molecule has 0 radical (unpaired) electrons. The van der Waals surface area contributed by atoms with E-state index in [-0.39, 0.29) is 11.1 Å². The summed E-state index contributed by atoms with van der Waals surface area (Å²) in [7, 11) is 0. The van der Waals surface area contributed by atoms with E-state index in [1.54, 1.807) is 12.1 Å². The largest absolute Gasteiger partial charge is 0.478 e. The molecular formula is C18H21N3O3. The Balaban J connectivity index is 2.00. The Morgan fingerprint density at radius 2 is 1.92 bits per heavy atom. The van der Waals surface area contributed by atoms with Gasteiger partial charge in [-0.1, -0.05) is 31.7 Å². The van der Waals surface area contributed by atoms with Gasteiger partial charge in [0.05, 0.1) is 5.56 Å². The van der Waals surface area contributed by atoms with E-state index in [9.17, 15) is 14.9 Å². The zero-order chi connectivity index (χ0) is 17.4. The van der Waals surface area contributed by atoms with Gasteiger partial charge < -0.3 is 15.7 Å². The molecule has 1 aliphatic rings. The second kappa shape index (κ2) is 8.73. The van der Waals surface area contributed by atoms with E-state index in [0.29, 0.717) is 11.7 Å². The van der Waals surface area contributed by atoms with Gasteiger partial charge in [0.25, 0.3) is 5.91 Å². The van der Waals surface area contributed by atoms with Crippen LogP contribution in [0, 0.1) is 11.3 Å². The average Bonchev–Trinajstić information content (AvgIpc) is 2.84. The zero-order valence-corrected chi connectivity index (χ0v) is 13.4. The minimum atomic E-state index is -1.07. The van der Waals surface area contributed by atoms with Crippen molar-refractivity contribution in [1.29, 1.82) is 5.26 Å². The molecule has 1 aromatic carbocycles. The molecule has 1 amide bonds. The number of aromatic carboxylic acids is 1. The number of rotatable bonds is 5. The number of benzene rings is 1. The standard InChI is InChI=1S/C18H21N3O3/c19-11-14(12-20-15-7-3-1-2-4-8-15)17(22)21-16-9-5-6-13(10-16)18(23)24/h5-6,9-10,12,15,20H,1-4,7-8H2,(H,21,22)(H,23,24)/b14-12-. The van der Waals surface area contributed by atoms with Gasteiger partial charge >= 0.3 is 5.97 Å². The van der Waals surface area contributed by atoms with E-state index in [4.69, 9.17) is 5.11 Å². The molecule has 1 aliphatic carbocycles. The zero-order valence-electron chi connectivity index (χ0n) is 13.4. The first-order valence-corrected chi connectivity index (χ1v) is 8.11. The van der Waals surface area contributed by atoms with Crippen LogP contribution in [0.3, 0.4) is 0 Å². The van der Waals surface area contributed by atoms with Crippen LogP contribution in [0.2, 0.25) is 0 Å². The van der Waals surface area contributed by atoms with E-state index in [1.165, 1.54) is 31.2 Å². The lowest BCUT2D eigenvalue weighted by molar-refractivity contribution is -0.112. The van der Waals surface area contributed by atoms with Crippen molar-refractivity contribution in [3.8, 4) is 6.07 Å². The SMILES string of the molecule is N#C/C(=C/NC1CCCCCC1)C(=O)Nc1cccc(C(=O)O)c1. The van der Waals surface area contributed by atoms with Gasteiger partial charge in [0.1, 0.15) is 11.6 Å². The lowest BCUT2D eigenvalue weighted by Gasteiger charge is -2.14. The Hall–Kier alpha value is -2.81. The smallest absolute Gasteiger partial charge is 0.335 e. The molecule has 6 nitrogen and oxygen atoms in total. The molecule has 6 heteroatoms. The van der Waals surface area contributed by atoms with Crippen molar-refractivity contribution in [2.75, 3.05) is 5.32 Å². The fourth-order valence-electron chi connectivity index (χ4n) is 2.72. The number of hydrogen-bond acceptors (Lipinski definition) is 4. The predicted molar refractivity (Wildman–Crippen MR) is 90.4 cm³/mol. The first-order chi connectivity index (χ1) is 11.6. The highest BCUT2D eigenvalue weighted by atomic mass is 16.4. The molecule has 0 bridgehead atoms. The van der Waals surface area contributed by atoms with Crippen LogP contribution in [0.25, 0.3) is 0 Å². The first-order valence-electron chi connectivity index (χ1n) is 8.11. The fraction of sp³-hybridized carbons (Fsp3) is 0.389. The molecule has 0 spiro atoms. The second-order valence-corrected chi connectivity index (χ2v) is 5.87. The summed E-state index contributed by atoms with van der Waals surface area (Å²) >= 11 is 0. The summed E-state index contributed by atoms with van der Waals surface area (Å²) in [6.45, 7) is 0. The lowest BCUT2D eigenvalue weighted by atomic mass is 10.1. The first kappa shape index (κ1) is 17.5. The van der Waals surface area contributed by atoms with Crippen molar-refractivity contribution < 1.29 is 14.7 Å². The van der Waals surface area contributed by atoms with Crippen molar-refractivity contribution in [3.05, 3.63) is 41.6 Å². The van der Waals surface area contributed by atoms with Gasteiger partial charge in [-0.2, -0.15) is 5.26 Å². The van der Waals surface area contributed by atoms with Gasteiger partial charge in [-0.15, -0.1) is 0 Å². The van der Waals surface area contributed by atoms with Crippen molar-refractivity contribution in [3.63, 3.8) is 0 Å².